The lowest BCUT2D eigenvalue weighted by atomic mass is 10.1. The predicted molar refractivity (Wildman–Crippen MR) is 69.1 cm³/mol. The number of para-hydroxylation sites is 1. The Morgan fingerprint density at radius 2 is 2.17 bits per heavy atom. The van der Waals surface area contributed by atoms with Gasteiger partial charge in [0, 0.05) is 5.39 Å². The molecule has 1 aromatic heterocycles. The van der Waals surface area contributed by atoms with Gasteiger partial charge in [-0.2, -0.15) is 0 Å². The van der Waals surface area contributed by atoms with Crippen molar-refractivity contribution in [2.45, 2.75) is 19.8 Å². The fraction of sp³-hybridized carbons (Fsp3) is 0.286. The molecule has 0 aliphatic carbocycles. The second kappa shape index (κ2) is 5.49. The number of ether oxygens (including phenoxy) is 1. The molecule has 0 unspecified atom stereocenters. The van der Waals surface area contributed by atoms with E-state index in [2.05, 4.69) is 11.9 Å². The summed E-state index contributed by atoms with van der Waals surface area (Å²) in [5, 5.41) is 9.97. The molecule has 0 fully saturated rings. The number of fused-ring (bicyclic) bond motifs is 1. The third-order valence-electron chi connectivity index (χ3n) is 2.66. The first-order valence-electron chi connectivity index (χ1n) is 5.98. The van der Waals surface area contributed by atoms with Crippen LogP contribution in [0.3, 0.4) is 0 Å². The maximum atomic E-state index is 11.2. The maximum Gasteiger partial charge on any atom is 0.341 e. The number of carbonyl (C=O) groups is 1. The molecule has 0 aliphatic rings. The molecular weight excluding hydrogens is 230 g/mol. The maximum absolute atomic E-state index is 11.2. The van der Waals surface area contributed by atoms with Crippen LogP contribution < -0.4 is 4.74 Å². The van der Waals surface area contributed by atoms with E-state index in [1.807, 2.05) is 24.3 Å². The Balaban J connectivity index is 2.41. The quantitative estimate of drug-likeness (QED) is 0.822. The zero-order valence-corrected chi connectivity index (χ0v) is 10.2. The van der Waals surface area contributed by atoms with Crippen molar-refractivity contribution in [2.24, 2.45) is 0 Å². The lowest BCUT2D eigenvalue weighted by Gasteiger charge is -2.09. The van der Waals surface area contributed by atoms with Gasteiger partial charge in [0.25, 0.3) is 0 Å². The van der Waals surface area contributed by atoms with Gasteiger partial charge in [-0.1, -0.05) is 31.5 Å². The van der Waals surface area contributed by atoms with Gasteiger partial charge >= 0.3 is 5.97 Å². The van der Waals surface area contributed by atoms with Crippen LogP contribution in [0.4, 0.5) is 0 Å². The fourth-order valence-electron chi connectivity index (χ4n) is 1.67. The summed E-state index contributed by atoms with van der Waals surface area (Å²) in [6.45, 7) is 2.54. The predicted octanol–water partition coefficient (Wildman–Crippen LogP) is 3.11. The summed E-state index contributed by atoms with van der Waals surface area (Å²) in [7, 11) is 0. The van der Waals surface area contributed by atoms with Gasteiger partial charge in [0.05, 0.1) is 12.1 Å². The number of unbranched alkanes of at least 4 members (excludes halogenated alkanes) is 1. The highest BCUT2D eigenvalue weighted by Crippen LogP contribution is 2.22. The van der Waals surface area contributed by atoms with E-state index in [4.69, 9.17) is 9.84 Å². The molecule has 0 radical (unpaired) electrons. The molecule has 0 aliphatic heterocycles. The van der Waals surface area contributed by atoms with E-state index in [0.29, 0.717) is 6.61 Å². The van der Waals surface area contributed by atoms with E-state index in [1.54, 1.807) is 6.07 Å². The standard InChI is InChI=1S/C14H15NO3/c1-2-3-8-18-13-11(14(16)17)9-10-6-4-5-7-12(10)15-13/h4-7,9H,2-3,8H2,1H3,(H,16,17). The van der Waals surface area contributed by atoms with Crippen molar-refractivity contribution in [1.29, 1.82) is 0 Å². The SMILES string of the molecule is CCCCOc1nc2ccccc2cc1C(=O)O. The fourth-order valence-corrected chi connectivity index (χ4v) is 1.67. The molecule has 4 heteroatoms. The molecule has 2 aromatic rings. The number of rotatable bonds is 5. The Morgan fingerprint density at radius 1 is 1.39 bits per heavy atom. The molecular formula is C14H15NO3. The number of hydrogen-bond donors (Lipinski definition) is 1. The first-order valence-corrected chi connectivity index (χ1v) is 5.98. The minimum absolute atomic E-state index is 0.116. The van der Waals surface area contributed by atoms with Gasteiger partial charge in [-0.05, 0) is 18.6 Å². The summed E-state index contributed by atoms with van der Waals surface area (Å²) in [6, 6.07) is 9.00. The van der Waals surface area contributed by atoms with Gasteiger partial charge in [0.2, 0.25) is 5.88 Å². The van der Waals surface area contributed by atoms with E-state index in [0.717, 1.165) is 23.7 Å². The van der Waals surface area contributed by atoms with Crippen molar-refractivity contribution in [3.63, 3.8) is 0 Å². The van der Waals surface area contributed by atoms with Crippen LogP contribution in [0.25, 0.3) is 10.9 Å². The van der Waals surface area contributed by atoms with Crippen LogP contribution in [0.15, 0.2) is 30.3 Å². The van der Waals surface area contributed by atoms with E-state index in [-0.39, 0.29) is 11.4 Å². The van der Waals surface area contributed by atoms with E-state index in [1.165, 1.54) is 0 Å². The third kappa shape index (κ3) is 2.59. The van der Waals surface area contributed by atoms with Crippen molar-refractivity contribution >= 4 is 16.9 Å². The second-order valence-electron chi connectivity index (χ2n) is 4.04. The molecule has 0 saturated heterocycles. The van der Waals surface area contributed by atoms with Crippen molar-refractivity contribution in [2.75, 3.05) is 6.61 Å². The Bertz CT molecular complexity index is 566. The summed E-state index contributed by atoms with van der Waals surface area (Å²) in [4.78, 5) is 15.4. The molecule has 0 amide bonds. The van der Waals surface area contributed by atoms with Gasteiger partial charge in [-0.25, -0.2) is 9.78 Å². The largest absolute Gasteiger partial charge is 0.477 e. The van der Waals surface area contributed by atoms with Crippen LogP contribution in [-0.2, 0) is 0 Å². The smallest absolute Gasteiger partial charge is 0.341 e. The Morgan fingerprint density at radius 3 is 2.89 bits per heavy atom. The number of benzene rings is 1. The lowest BCUT2D eigenvalue weighted by Crippen LogP contribution is -2.06. The van der Waals surface area contributed by atoms with Crippen molar-refractivity contribution in [1.82, 2.24) is 4.98 Å². The van der Waals surface area contributed by atoms with Gasteiger partial charge in [-0.3, -0.25) is 0 Å². The van der Waals surface area contributed by atoms with Gasteiger partial charge < -0.3 is 9.84 Å². The van der Waals surface area contributed by atoms with E-state index >= 15 is 0 Å². The third-order valence-corrected chi connectivity index (χ3v) is 2.66. The van der Waals surface area contributed by atoms with Gasteiger partial charge in [0.1, 0.15) is 5.56 Å². The minimum atomic E-state index is -1.01. The molecule has 1 N–H and O–H groups in total. The molecule has 4 nitrogen and oxygen atoms in total. The summed E-state index contributed by atoms with van der Waals surface area (Å²) >= 11 is 0. The zero-order chi connectivity index (χ0) is 13.0. The van der Waals surface area contributed by atoms with Crippen LogP contribution >= 0.6 is 0 Å². The number of aromatic carboxylic acids is 1. The van der Waals surface area contributed by atoms with Crippen molar-refractivity contribution in [3.05, 3.63) is 35.9 Å². The number of carboxylic acid groups (broad SMARTS) is 1. The molecule has 0 bridgehead atoms. The molecule has 0 saturated carbocycles. The first kappa shape index (κ1) is 12.4. The Labute approximate surface area is 105 Å². The van der Waals surface area contributed by atoms with Gasteiger partial charge in [-0.15, -0.1) is 0 Å². The Hall–Kier alpha value is -2.10. The second-order valence-corrected chi connectivity index (χ2v) is 4.04. The molecule has 2 rings (SSSR count). The summed E-state index contributed by atoms with van der Waals surface area (Å²) in [5.74, 6) is -0.811. The van der Waals surface area contributed by atoms with Crippen LogP contribution in [0.2, 0.25) is 0 Å². The van der Waals surface area contributed by atoms with E-state index in [9.17, 15) is 4.79 Å². The highest BCUT2D eigenvalue weighted by molar-refractivity contribution is 5.95. The molecule has 18 heavy (non-hydrogen) atoms. The topological polar surface area (TPSA) is 59.4 Å². The van der Waals surface area contributed by atoms with Crippen LogP contribution in [-0.4, -0.2) is 22.7 Å². The Kier molecular flexibility index (Phi) is 3.77. The highest BCUT2D eigenvalue weighted by atomic mass is 16.5. The number of carboxylic acids is 1. The minimum Gasteiger partial charge on any atom is -0.477 e. The molecule has 1 aromatic carbocycles. The average molecular weight is 245 g/mol. The van der Waals surface area contributed by atoms with Gasteiger partial charge in [0.15, 0.2) is 0 Å². The first-order chi connectivity index (χ1) is 8.72. The zero-order valence-electron chi connectivity index (χ0n) is 10.2. The lowest BCUT2D eigenvalue weighted by molar-refractivity contribution is 0.0691. The molecule has 0 atom stereocenters. The molecule has 0 spiro atoms. The number of pyridine rings is 1. The number of nitrogens with zero attached hydrogens (tertiary/aromatic N) is 1. The monoisotopic (exact) mass is 245 g/mol. The number of hydrogen-bond acceptors (Lipinski definition) is 3. The summed E-state index contributed by atoms with van der Waals surface area (Å²) in [6.07, 6.45) is 1.88. The molecule has 94 valence electrons. The van der Waals surface area contributed by atoms with Crippen molar-refractivity contribution < 1.29 is 14.6 Å². The van der Waals surface area contributed by atoms with Crippen LogP contribution in [0, 0.1) is 0 Å². The highest BCUT2D eigenvalue weighted by Gasteiger charge is 2.14. The summed E-state index contributed by atoms with van der Waals surface area (Å²) < 4.78 is 5.46. The number of aromatic nitrogens is 1. The van der Waals surface area contributed by atoms with Crippen LogP contribution in [0.1, 0.15) is 30.1 Å². The average Bonchev–Trinajstić information content (AvgIpc) is 2.38. The molecule has 1 heterocycles. The van der Waals surface area contributed by atoms with Crippen molar-refractivity contribution in [3.8, 4) is 5.88 Å². The van der Waals surface area contributed by atoms with E-state index < -0.39 is 5.97 Å². The van der Waals surface area contributed by atoms with Crippen LogP contribution in [0.5, 0.6) is 5.88 Å². The normalized spacial score (nSPS) is 10.5. The summed E-state index contributed by atoms with van der Waals surface area (Å²) in [5.41, 5.74) is 0.860.